The maximum absolute atomic E-state index is 14.9. The smallest absolute Gasteiger partial charge is 0.412 e. The fourth-order valence-electron chi connectivity index (χ4n) is 16.1. The fourth-order valence-corrected chi connectivity index (χ4v) is 16.1. The lowest BCUT2D eigenvalue weighted by Crippen LogP contribution is -2.66. The first-order valence-corrected chi connectivity index (χ1v) is 31.1. The van der Waals surface area contributed by atoms with Gasteiger partial charge in [-0.15, -0.1) is 0 Å². The van der Waals surface area contributed by atoms with Crippen LogP contribution in [0, 0.1) is 69.6 Å². The Morgan fingerprint density at radius 3 is 1.61 bits per heavy atom. The molecule has 496 valence electrons. The van der Waals surface area contributed by atoms with Crippen LogP contribution in [0.25, 0.3) is 0 Å². The number of amides is 4. The average Bonchev–Trinajstić information content (AvgIpc) is 1.48. The van der Waals surface area contributed by atoms with Crippen molar-refractivity contribution in [2.75, 3.05) is 47.7 Å². The maximum atomic E-state index is 14.9. The van der Waals surface area contributed by atoms with Crippen LogP contribution >= 0.6 is 0 Å². The standard InChI is InChI=1S/C65H74F4N4O19/c1-32-49-46(92-65(32)84-25-12-26-85-65)28-36-35-22-21-33-27-34(23-24-63(33,2)50(35)45(74)29-64(36,49)3)86-57-52(76)51(75)54(47(87-57)30-82-59(78)70-41-17-8-4-13-37(41)66)89-58-53(77)56(91-62(81)73-44-20-11-7-16-40(44)69)55(90-61(80)72-43-19-10-6-15-39(43)68)48(88-58)31-83-60(79)71-42-18-9-5-14-38(42)67/h4-11,13-20,32-36,46-58,75-77H,12,21-31H2,1-3H3,(H,70,78)(H,71,79)(H,72,80)(H,73,81). The van der Waals surface area contributed by atoms with Gasteiger partial charge in [-0.3, -0.25) is 26.1 Å². The number of fused-ring (bicyclic) bond motifs is 7. The lowest BCUT2D eigenvalue weighted by molar-refractivity contribution is -0.406. The van der Waals surface area contributed by atoms with Crippen molar-refractivity contribution < 1.29 is 109 Å². The van der Waals surface area contributed by atoms with E-state index in [0.29, 0.717) is 38.9 Å². The van der Waals surface area contributed by atoms with Crippen molar-refractivity contribution in [1.29, 1.82) is 0 Å². The van der Waals surface area contributed by atoms with E-state index in [0.717, 1.165) is 49.9 Å². The normalized spacial score (nSPS) is 36.0. The molecule has 8 aliphatic rings. The molecule has 4 saturated carbocycles. The lowest BCUT2D eigenvalue weighted by atomic mass is 9.44. The number of ether oxygens (including phenoxy) is 11. The number of aliphatic hydroxyl groups excluding tert-OH is 3. The number of anilines is 4. The molecule has 20 unspecified atom stereocenters. The topological polar surface area (TPSA) is 296 Å². The van der Waals surface area contributed by atoms with Crippen LogP contribution in [-0.4, -0.2) is 151 Å². The van der Waals surface area contributed by atoms with Crippen LogP contribution in [0.2, 0.25) is 0 Å². The van der Waals surface area contributed by atoms with Crippen LogP contribution < -0.4 is 21.3 Å². The van der Waals surface area contributed by atoms with Crippen LogP contribution in [0.5, 0.6) is 0 Å². The van der Waals surface area contributed by atoms with E-state index in [1.165, 1.54) is 72.8 Å². The summed E-state index contributed by atoms with van der Waals surface area (Å²) in [4.78, 5) is 69.0. The van der Waals surface area contributed by atoms with Gasteiger partial charge in [-0.2, -0.15) is 0 Å². The predicted octanol–water partition coefficient (Wildman–Crippen LogP) is 9.15. The van der Waals surface area contributed by atoms with Crippen molar-refractivity contribution in [2.45, 2.75) is 152 Å². The molecule has 4 aliphatic carbocycles. The van der Waals surface area contributed by atoms with Crippen molar-refractivity contribution in [3.8, 4) is 0 Å². The number of benzene rings is 4. The third-order valence-corrected chi connectivity index (χ3v) is 20.3. The van der Waals surface area contributed by atoms with Crippen LogP contribution in [0.4, 0.5) is 59.5 Å². The Balaban J connectivity index is 0.789. The molecule has 7 N–H and O–H groups in total. The SMILES string of the molecule is CC1C2C(CC3C4CCC5CC(OC6OC(COC(=O)Nc7ccccc7F)C(OC7OC(COC(=O)Nc8ccccc8F)C(OC(=O)Nc8ccccc8F)C(OC(=O)Nc8ccccc8F)C7O)C(O)C6O)CCC5(C)C4C(=O)CC32C)OC12OCCCO2. The first-order chi connectivity index (χ1) is 44.1. The Labute approximate surface area is 526 Å². The van der Waals surface area contributed by atoms with Crippen molar-refractivity contribution in [2.24, 2.45) is 46.3 Å². The molecule has 23 nitrogen and oxygen atoms in total. The number of carbonyl (C=O) groups is 5. The van der Waals surface area contributed by atoms with Crippen molar-refractivity contribution in [3.63, 3.8) is 0 Å². The third kappa shape index (κ3) is 12.9. The van der Waals surface area contributed by atoms with Gasteiger partial charge in [-0.05, 0) is 122 Å². The van der Waals surface area contributed by atoms with Crippen LogP contribution in [0.1, 0.15) is 72.1 Å². The summed E-state index contributed by atoms with van der Waals surface area (Å²) in [6.45, 7) is 5.81. The summed E-state index contributed by atoms with van der Waals surface area (Å²) in [5, 5.41) is 45.4. The Hall–Kier alpha value is -7.05. The third-order valence-electron chi connectivity index (χ3n) is 20.3. The molecule has 4 amide bonds. The monoisotopic (exact) mass is 1290 g/mol. The zero-order valence-electron chi connectivity index (χ0n) is 50.5. The Kier molecular flexibility index (Phi) is 18.9. The molecule has 0 aromatic heterocycles. The predicted molar refractivity (Wildman–Crippen MR) is 313 cm³/mol. The van der Waals surface area contributed by atoms with E-state index in [-0.39, 0.29) is 69.9 Å². The first-order valence-electron chi connectivity index (χ1n) is 31.1. The van der Waals surface area contributed by atoms with Crippen LogP contribution in [0.3, 0.4) is 0 Å². The molecule has 4 saturated heterocycles. The first kappa shape index (κ1) is 65.0. The van der Waals surface area contributed by atoms with E-state index in [9.17, 15) is 56.9 Å². The zero-order valence-corrected chi connectivity index (χ0v) is 50.5. The second-order valence-electron chi connectivity index (χ2n) is 25.6. The number of halogens is 4. The number of carbonyl (C=O) groups excluding carboxylic acids is 5. The molecule has 4 aromatic rings. The lowest BCUT2D eigenvalue weighted by Gasteiger charge is -2.60. The Morgan fingerprint density at radius 2 is 1.08 bits per heavy atom. The number of ketones is 1. The average molecular weight is 1290 g/mol. The number of nitrogens with one attached hydrogen (secondary N) is 4. The number of hydrogen-bond donors (Lipinski definition) is 7. The zero-order chi connectivity index (χ0) is 64.8. The molecule has 92 heavy (non-hydrogen) atoms. The highest BCUT2D eigenvalue weighted by atomic mass is 19.1. The molecule has 4 aromatic carbocycles. The Bertz CT molecular complexity index is 3370. The summed E-state index contributed by atoms with van der Waals surface area (Å²) in [5.41, 5.74) is -2.10. The highest BCUT2D eigenvalue weighted by Crippen LogP contribution is 2.70. The van der Waals surface area contributed by atoms with E-state index in [4.69, 9.17) is 52.1 Å². The summed E-state index contributed by atoms with van der Waals surface area (Å²) in [6.07, 6.45) is -21.1. The summed E-state index contributed by atoms with van der Waals surface area (Å²) in [6, 6.07) is 20.1. The molecule has 0 bridgehead atoms. The summed E-state index contributed by atoms with van der Waals surface area (Å²) in [7, 11) is 0. The van der Waals surface area contributed by atoms with E-state index in [1.807, 2.05) is 0 Å². The minimum absolute atomic E-state index is 0.00284. The van der Waals surface area contributed by atoms with Crippen molar-refractivity contribution >= 4 is 52.9 Å². The summed E-state index contributed by atoms with van der Waals surface area (Å²) in [5.74, 6) is -4.21. The van der Waals surface area contributed by atoms with Crippen LogP contribution in [-0.2, 0) is 56.9 Å². The maximum Gasteiger partial charge on any atom is 0.412 e. The Morgan fingerprint density at radius 1 is 0.587 bits per heavy atom. The van der Waals surface area contributed by atoms with Gasteiger partial charge < -0.3 is 67.4 Å². The molecule has 0 radical (unpaired) electrons. The highest BCUT2D eigenvalue weighted by Gasteiger charge is 2.72. The van der Waals surface area contributed by atoms with Gasteiger partial charge in [-0.1, -0.05) is 69.3 Å². The van der Waals surface area contributed by atoms with Crippen LogP contribution in [0.15, 0.2) is 97.1 Å². The van der Waals surface area contributed by atoms with Gasteiger partial charge in [0, 0.05) is 24.2 Å². The van der Waals surface area contributed by atoms with Gasteiger partial charge >= 0.3 is 24.4 Å². The number of aliphatic hydroxyl groups is 3. The van der Waals surface area contributed by atoms with Gasteiger partial charge in [0.05, 0.1) is 48.2 Å². The molecule has 4 aliphatic heterocycles. The molecule has 4 heterocycles. The molecule has 1 spiro atoms. The van der Waals surface area contributed by atoms with Crippen molar-refractivity contribution in [1.82, 2.24) is 0 Å². The number of hydrogen-bond acceptors (Lipinski definition) is 19. The molecular weight excluding hydrogens is 1220 g/mol. The second kappa shape index (κ2) is 26.7. The number of para-hydroxylation sites is 4. The highest BCUT2D eigenvalue weighted by molar-refractivity contribution is 5.87. The minimum Gasteiger partial charge on any atom is -0.446 e. The van der Waals surface area contributed by atoms with Gasteiger partial charge in [0.1, 0.15) is 78.9 Å². The minimum atomic E-state index is -2.33. The van der Waals surface area contributed by atoms with E-state index in [2.05, 4.69) is 42.0 Å². The number of rotatable bonds is 14. The van der Waals surface area contributed by atoms with Gasteiger partial charge in [0.25, 0.3) is 5.97 Å². The molecule has 27 heteroatoms. The quantitative estimate of drug-likeness (QED) is 0.0352. The molecule has 20 atom stereocenters. The fraction of sp³-hybridized carbons (Fsp3) is 0.554. The van der Waals surface area contributed by atoms with E-state index < -0.39 is 145 Å². The summed E-state index contributed by atoms with van der Waals surface area (Å²) >= 11 is 0. The molecule has 12 rings (SSSR count). The molecular formula is C65H74F4N4O19. The largest absolute Gasteiger partial charge is 0.446 e. The van der Waals surface area contributed by atoms with Gasteiger partial charge in [0.15, 0.2) is 24.8 Å². The van der Waals surface area contributed by atoms with E-state index in [1.54, 1.807) is 0 Å². The van der Waals surface area contributed by atoms with Gasteiger partial charge in [0.2, 0.25) is 0 Å². The molecule has 8 fully saturated rings. The van der Waals surface area contributed by atoms with E-state index >= 15 is 0 Å². The van der Waals surface area contributed by atoms with Gasteiger partial charge in [-0.25, -0.2) is 36.7 Å². The van der Waals surface area contributed by atoms with Crippen molar-refractivity contribution in [3.05, 3.63) is 120 Å². The number of Topliss-reactive ketones (excluding diaryl/α,β-unsaturated/α-hetero) is 1. The second-order valence-corrected chi connectivity index (χ2v) is 25.6. The summed E-state index contributed by atoms with van der Waals surface area (Å²) < 4.78 is 126.